The molecule has 0 aliphatic heterocycles. The average molecular weight is 284 g/mol. The highest BCUT2D eigenvalue weighted by atomic mass is 16.6. The average Bonchev–Trinajstić information content (AvgIpc) is 2.52. The number of non-ortho nitro benzene ring substituents is 1. The van der Waals surface area contributed by atoms with Gasteiger partial charge in [0.25, 0.3) is 5.69 Å². The van der Waals surface area contributed by atoms with Crippen LogP contribution < -0.4 is 0 Å². The van der Waals surface area contributed by atoms with Crippen LogP contribution in [0.25, 0.3) is 0 Å². The van der Waals surface area contributed by atoms with Crippen LogP contribution >= 0.6 is 0 Å². The minimum Gasteiger partial charge on any atom is -0.383 e. The molecule has 5 nitrogen and oxygen atoms in total. The standard InChI is InChI=1S/C16H16N2O3/c19-16(14-4-2-1-3-5-14)12-17-11-10-13-6-8-15(9-7-13)18(20)21/h1-9,12,16,19H,10-11H2/b17-12+/t16-/m0/s1. The van der Waals surface area contributed by atoms with Crippen LogP contribution in [-0.4, -0.2) is 22.8 Å². The maximum Gasteiger partial charge on any atom is 0.269 e. The van der Waals surface area contributed by atoms with Crippen LogP contribution in [0.5, 0.6) is 0 Å². The summed E-state index contributed by atoms with van der Waals surface area (Å²) in [6, 6.07) is 15.7. The molecule has 5 heteroatoms. The lowest BCUT2D eigenvalue weighted by molar-refractivity contribution is -0.384. The Labute approximate surface area is 122 Å². The Morgan fingerprint density at radius 2 is 1.81 bits per heavy atom. The molecule has 0 spiro atoms. The molecule has 0 aliphatic carbocycles. The van der Waals surface area contributed by atoms with Gasteiger partial charge in [-0.25, -0.2) is 0 Å². The number of aliphatic hydroxyl groups is 1. The SMILES string of the molecule is O=[N+]([O-])c1ccc(CC/N=C/[C@H](O)c2ccccc2)cc1. The molecule has 0 unspecified atom stereocenters. The summed E-state index contributed by atoms with van der Waals surface area (Å²) >= 11 is 0. The first-order chi connectivity index (χ1) is 10.2. The van der Waals surface area contributed by atoms with Crippen molar-refractivity contribution in [3.63, 3.8) is 0 Å². The van der Waals surface area contributed by atoms with E-state index >= 15 is 0 Å². The molecule has 0 radical (unpaired) electrons. The van der Waals surface area contributed by atoms with Gasteiger partial charge >= 0.3 is 0 Å². The van der Waals surface area contributed by atoms with Crippen molar-refractivity contribution < 1.29 is 10.0 Å². The van der Waals surface area contributed by atoms with Crippen LogP contribution in [0.15, 0.2) is 59.6 Å². The first-order valence-corrected chi connectivity index (χ1v) is 6.63. The van der Waals surface area contributed by atoms with Gasteiger partial charge in [0.15, 0.2) is 0 Å². The Morgan fingerprint density at radius 1 is 1.14 bits per heavy atom. The van der Waals surface area contributed by atoms with Crippen molar-refractivity contribution in [1.29, 1.82) is 0 Å². The first-order valence-electron chi connectivity index (χ1n) is 6.63. The maximum absolute atomic E-state index is 10.5. The van der Waals surface area contributed by atoms with Gasteiger partial charge in [-0.05, 0) is 17.5 Å². The molecule has 0 aliphatic rings. The van der Waals surface area contributed by atoms with Crippen molar-refractivity contribution in [2.24, 2.45) is 4.99 Å². The number of nitro groups is 1. The maximum atomic E-state index is 10.5. The van der Waals surface area contributed by atoms with Crippen molar-refractivity contribution >= 4 is 11.9 Å². The molecule has 0 heterocycles. The zero-order valence-electron chi connectivity index (χ0n) is 11.4. The number of aliphatic hydroxyl groups excluding tert-OH is 1. The Kier molecular flexibility index (Phi) is 5.17. The van der Waals surface area contributed by atoms with Crippen molar-refractivity contribution in [2.75, 3.05) is 6.54 Å². The summed E-state index contributed by atoms with van der Waals surface area (Å²) in [6.45, 7) is 0.529. The summed E-state index contributed by atoms with van der Waals surface area (Å²) in [5.74, 6) is 0. The molecule has 0 amide bonds. The van der Waals surface area contributed by atoms with E-state index in [1.807, 2.05) is 30.3 Å². The highest BCUT2D eigenvalue weighted by molar-refractivity contribution is 5.65. The first kappa shape index (κ1) is 14.9. The molecular formula is C16H16N2O3. The largest absolute Gasteiger partial charge is 0.383 e. The third kappa shape index (κ3) is 4.50. The lowest BCUT2D eigenvalue weighted by atomic mass is 10.1. The fraction of sp³-hybridized carbons (Fsp3) is 0.188. The van der Waals surface area contributed by atoms with Gasteiger partial charge in [0, 0.05) is 24.9 Å². The summed E-state index contributed by atoms with van der Waals surface area (Å²) in [7, 11) is 0. The molecule has 2 rings (SSSR count). The number of hydrogen-bond acceptors (Lipinski definition) is 4. The predicted molar refractivity (Wildman–Crippen MR) is 81.6 cm³/mol. The van der Waals surface area contributed by atoms with Crippen molar-refractivity contribution in [1.82, 2.24) is 0 Å². The topological polar surface area (TPSA) is 75.7 Å². The van der Waals surface area contributed by atoms with Crippen LogP contribution in [0.2, 0.25) is 0 Å². The molecule has 0 saturated carbocycles. The highest BCUT2D eigenvalue weighted by Crippen LogP contribution is 2.12. The quantitative estimate of drug-likeness (QED) is 0.503. The van der Waals surface area contributed by atoms with Crippen LogP contribution in [0.3, 0.4) is 0 Å². The zero-order chi connectivity index (χ0) is 15.1. The van der Waals surface area contributed by atoms with E-state index in [1.165, 1.54) is 18.3 Å². The molecular weight excluding hydrogens is 268 g/mol. The molecule has 21 heavy (non-hydrogen) atoms. The lowest BCUT2D eigenvalue weighted by Crippen LogP contribution is -1.99. The molecule has 0 saturated heterocycles. The number of rotatable bonds is 6. The fourth-order valence-corrected chi connectivity index (χ4v) is 1.89. The molecule has 0 bridgehead atoms. The monoisotopic (exact) mass is 284 g/mol. The van der Waals surface area contributed by atoms with Crippen LogP contribution in [0.1, 0.15) is 17.2 Å². The van der Waals surface area contributed by atoms with Crippen molar-refractivity contribution in [2.45, 2.75) is 12.5 Å². The second-order valence-corrected chi connectivity index (χ2v) is 4.58. The minimum absolute atomic E-state index is 0.0850. The molecule has 0 aromatic heterocycles. The van der Waals surface area contributed by atoms with Gasteiger partial charge in [-0.2, -0.15) is 0 Å². The Balaban J connectivity index is 1.83. The van der Waals surface area contributed by atoms with E-state index in [-0.39, 0.29) is 5.69 Å². The predicted octanol–water partition coefficient (Wildman–Crippen LogP) is 2.94. The van der Waals surface area contributed by atoms with Gasteiger partial charge in [-0.3, -0.25) is 15.1 Å². The van der Waals surface area contributed by atoms with E-state index in [2.05, 4.69) is 4.99 Å². The van der Waals surface area contributed by atoms with Gasteiger partial charge in [-0.1, -0.05) is 42.5 Å². The van der Waals surface area contributed by atoms with Gasteiger partial charge in [0.1, 0.15) is 6.10 Å². The minimum atomic E-state index is -0.705. The number of nitrogens with zero attached hydrogens (tertiary/aromatic N) is 2. The molecule has 2 aromatic rings. The van der Waals surface area contributed by atoms with E-state index in [4.69, 9.17) is 0 Å². The second-order valence-electron chi connectivity index (χ2n) is 4.58. The number of nitro benzene ring substituents is 1. The molecule has 1 N–H and O–H groups in total. The normalized spacial score (nSPS) is 12.4. The second kappa shape index (κ2) is 7.31. The van der Waals surface area contributed by atoms with Crippen molar-refractivity contribution in [3.05, 3.63) is 75.8 Å². The summed E-state index contributed by atoms with van der Waals surface area (Å²) in [5.41, 5.74) is 1.87. The Bertz CT molecular complexity index is 609. The van der Waals surface area contributed by atoms with Crippen molar-refractivity contribution in [3.8, 4) is 0 Å². The summed E-state index contributed by atoms with van der Waals surface area (Å²) in [5, 5.41) is 20.4. The number of hydrogen-bond donors (Lipinski definition) is 1. The van der Waals surface area contributed by atoms with E-state index in [9.17, 15) is 15.2 Å². The molecule has 0 fully saturated rings. The molecule has 2 aromatic carbocycles. The third-order valence-electron chi connectivity index (χ3n) is 3.06. The third-order valence-corrected chi connectivity index (χ3v) is 3.06. The van der Waals surface area contributed by atoms with E-state index < -0.39 is 11.0 Å². The molecule has 108 valence electrons. The van der Waals surface area contributed by atoms with E-state index in [0.717, 1.165) is 11.1 Å². The fourth-order valence-electron chi connectivity index (χ4n) is 1.89. The van der Waals surface area contributed by atoms with Crippen LogP contribution in [-0.2, 0) is 6.42 Å². The summed E-state index contributed by atoms with van der Waals surface area (Å²) in [6.07, 6.45) is 1.49. The lowest BCUT2D eigenvalue weighted by Gasteiger charge is -2.04. The zero-order valence-corrected chi connectivity index (χ0v) is 11.4. The van der Waals surface area contributed by atoms with Gasteiger partial charge in [-0.15, -0.1) is 0 Å². The number of benzene rings is 2. The van der Waals surface area contributed by atoms with E-state index in [1.54, 1.807) is 12.1 Å². The van der Waals surface area contributed by atoms with Gasteiger partial charge in [0.05, 0.1) is 4.92 Å². The van der Waals surface area contributed by atoms with Gasteiger partial charge in [0.2, 0.25) is 0 Å². The van der Waals surface area contributed by atoms with Crippen LogP contribution in [0, 0.1) is 10.1 Å². The number of aliphatic imine (C=N–C) groups is 1. The van der Waals surface area contributed by atoms with Crippen LogP contribution in [0.4, 0.5) is 5.69 Å². The summed E-state index contributed by atoms with van der Waals surface area (Å²) in [4.78, 5) is 14.3. The highest BCUT2D eigenvalue weighted by Gasteiger charge is 2.04. The Hall–Kier alpha value is -2.53. The van der Waals surface area contributed by atoms with Gasteiger partial charge < -0.3 is 5.11 Å². The Morgan fingerprint density at radius 3 is 2.43 bits per heavy atom. The van der Waals surface area contributed by atoms with E-state index in [0.29, 0.717) is 13.0 Å². The summed E-state index contributed by atoms with van der Waals surface area (Å²) < 4.78 is 0. The molecule has 1 atom stereocenters. The smallest absolute Gasteiger partial charge is 0.269 e.